The van der Waals surface area contributed by atoms with E-state index in [0.29, 0.717) is 6.54 Å². The summed E-state index contributed by atoms with van der Waals surface area (Å²) in [6, 6.07) is 1.97. The highest BCUT2D eigenvalue weighted by atomic mass is 15.2. The van der Waals surface area contributed by atoms with Crippen molar-refractivity contribution in [3.8, 4) is 0 Å². The van der Waals surface area contributed by atoms with Gasteiger partial charge in [-0.05, 0) is 31.4 Å². The lowest BCUT2D eigenvalue weighted by Crippen LogP contribution is -2.39. The van der Waals surface area contributed by atoms with Crippen LogP contribution in [0.3, 0.4) is 0 Å². The third kappa shape index (κ3) is 4.30. The Balaban J connectivity index is 2.85. The zero-order chi connectivity index (χ0) is 12.9. The summed E-state index contributed by atoms with van der Waals surface area (Å²) < 4.78 is 0. The summed E-state index contributed by atoms with van der Waals surface area (Å²) >= 11 is 0. The zero-order valence-electron chi connectivity index (χ0n) is 11.4. The topological polar surface area (TPSA) is 55.0 Å². The minimum atomic E-state index is 0.105. The van der Waals surface area contributed by atoms with E-state index >= 15 is 0 Å². The first-order valence-corrected chi connectivity index (χ1v) is 6.23. The molecule has 96 valence electrons. The number of anilines is 1. The van der Waals surface area contributed by atoms with Crippen LogP contribution in [-0.4, -0.2) is 29.6 Å². The second-order valence-corrected chi connectivity index (χ2v) is 5.25. The van der Waals surface area contributed by atoms with Crippen LogP contribution in [0.1, 0.15) is 33.0 Å². The number of hydrogen-bond acceptors (Lipinski definition) is 4. The predicted octanol–water partition coefficient (Wildman–Crippen LogP) is 1.99. The fraction of sp³-hybridized carbons (Fsp3) is 0.692. The Morgan fingerprint density at radius 1 is 1.41 bits per heavy atom. The Kier molecular flexibility index (Phi) is 4.87. The van der Waals surface area contributed by atoms with Crippen LogP contribution in [0.2, 0.25) is 0 Å². The van der Waals surface area contributed by atoms with E-state index in [4.69, 9.17) is 5.73 Å². The molecule has 0 bridgehead atoms. The third-order valence-electron chi connectivity index (χ3n) is 2.75. The maximum Gasteiger partial charge on any atom is 0.132 e. The molecule has 0 aliphatic carbocycles. The quantitative estimate of drug-likeness (QED) is 0.820. The number of hydrogen-bond donors (Lipinski definition) is 1. The molecule has 0 fully saturated rings. The van der Waals surface area contributed by atoms with Crippen molar-refractivity contribution >= 4 is 5.82 Å². The molecule has 0 atom stereocenters. The van der Waals surface area contributed by atoms with Gasteiger partial charge >= 0.3 is 0 Å². The molecule has 0 spiro atoms. The summed E-state index contributed by atoms with van der Waals surface area (Å²) in [7, 11) is 0. The van der Waals surface area contributed by atoms with Gasteiger partial charge in [-0.3, -0.25) is 0 Å². The summed E-state index contributed by atoms with van der Waals surface area (Å²) in [5.74, 6) is 1.81. The normalized spacial score (nSPS) is 11.6. The summed E-state index contributed by atoms with van der Waals surface area (Å²) in [6.45, 7) is 11.1. The minimum Gasteiger partial charge on any atom is -0.356 e. The molecule has 0 aliphatic heterocycles. The molecule has 0 unspecified atom stereocenters. The lowest BCUT2D eigenvalue weighted by atomic mass is 9.93. The van der Waals surface area contributed by atoms with E-state index in [1.165, 1.54) is 0 Å². The lowest BCUT2D eigenvalue weighted by molar-refractivity contribution is 0.376. The largest absolute Gasteiger partial charge is 0.356 e. The average molecular weight is 236 g/mol. The number of rotatable bonds is 6. The predicted molar refractivity (Wildman–Crippen MR) is 72.1 cm³/mol. The van der Waals surface area contributed by atoms with E-state index in [9.17, 15) is 0 Å². The standard InChI is InChI=1S/C13H24N4/c1-5-8-17(10-13(3,4)9-14)12-6-7-15-11(2)16-12/h6-7H,5,8-10,14H2,1-4H3. The zero-order valence-corrected chi connectivity index (χ0v) is 11.4. The molecule has 2 N–H and O–H groups in total. The van der Waals surface area contributed by atoms with Crippen LogP contribution in [0.5, 0.6) is 0 Å². The van der Waals surface area contributed by atoms with Crippen molar-refractivity contribution in [2.45, 2.75) is 34.1 Å². The molecule has 0 radical (unpaired) electrons. The summed E-state index contributed by atoms with van der Waals surface area (Å²) in [4.78, 5) is 10.9. The monoisotopic (exact) mass is 236 g/mol. The van der Waals surface area contributed by atoms with Gasteiger partial charge in [-0.2, -0.15) is 0 Å². The van der Waals surface area contributed by atoms with E-state index in [1.54, 1.807) is 0 Å². The van der Waals surface area contributed by atoms with Crippen molar-refractivity contribution in [1.82, 2.24) is 9.97 Å². The SMILES string of the molecule is CCCN(CC(C)(C)CN)c1ccnc(C)n1. The molecule has 0 amide bonds. The highest BCUT2D eigenvalue weighted by Gasteiger charge is 2.20. The van der Waals surface area contributed by atoms with Crippen LogP contribution >= 0.6 is 0 Å². The first kappa shape index (κ1) is 13.9. The Bertz CT molecular complexity index is 349. The molecule has 0 aliphatic rings. The Hall–Kier alpha value is -1.16. The second-order valence-electron chi connectivity index (χ2n) is 5.25. The number of nitrogens with two attached hydrogens (primary N) is 1. The number of aromatic nitrogens is 2. The molecule has 1 heterocycles. The summed E-state index contributed by atoms with van der Waals surface area (Å²) in [6.07, 6.45) is 2.92. The molecule has 1 aromatic heterocycles. The lowest BCUT2D eigenvalue weighted by Gasteiger charge is -2.32. The number of aryl methyl sites for hydroxylation is 1. The highest BCUT2D eigenvalue weighted by molar-refractivity contribution is 5.37. The molecule has 1 aromatic rings. The fourth-order valence-corrected chi connectivity index (χ4v) is 1.75. The van der Waals surface area contributed by atoms with Crippen LogP contribution in [0.4, 0.5) is 5.82 Å². The molecule has 1 rings (SSSR count). The summed E-state index contributed by atoms with van der Waals surface area (Å²) in [5.41, 5.74) is 5.90. The molecule has 4 nitrogen and oxygen atoms in total. The van der Waals surface area contributed by atoms with Gasteiger partial charge in [0, 0.05) is 19.3 Å². The van der Waals surface area contributed by atoms with Crippen molar-refractivity contribution in [2.24, 2.45) is 11.1 Å². The molecule has 17 heavy (non-hydrogen) atoms. The van der Waals surface area contributed by atoms with Gasteiger partial charge in [0.05, 0.1) is 0 Å². The minimum absolute atomic E-state index is 0.105. The van der Waals surface area contributed by atoms with Gasteiger partial charge in [-0.25, -0.2) is 9.97 Å². The second kappa shape index (κ2) is 5.96. The van der Waals surface area contributed by atoms with E-state index in [2.05, 4.69) is 35.6 Å². The van der Waals surface area contributed by atoms with E-state index in [0.717, 1.165) is 31.2 Å². The molecule has 0 saturated heterocycles. The van der Waals surface area contributed by atoms with Crippen LogP contribution in [0.15, 0.2) is 12.3 Å². The van der Waals surface area contributed by atoms with Gasteiger partial charge in [0.1, 0.15) is 11.6 Å². The van der Waals surface area contributed by atoms with Crippen molar-refractivity contribution < 1.29 is 0 Å². The first-order valence-electron chi connectivity index (χ1n) is 6.23. The van der Waals surface area contributed by atoms with Crippen LogP contribution < -0.4 is 10.6 Å². The molecule has 4 heteroatoms. The van der Waals surface area contributed by atoms with Gasteiger partial charge in [-0.15, -0.1) is 0 Å². The van der Waals surface area contributed by atoms with E-state index in [1.807, 2.05) is 19.2 Å². The number of nitrogens with zero attached hydrogens (tertiary/aromatic N) is 3. The maximum atomic E-state index is 5.80. The van der Waals surface area contributed by atoms with Gasteiger partial charge in [-0.1, -0.05) is 20.8 Å². The van der Waals surface area contributed by atoms with Gasteiger partial charge in [0.2, 0.25) is 0 Å². The van der Waals surface area contributed by atoms with E-state index in [-0.39, 0.29) is 5.41 Å². The van der Waals surface area contributed by atoms with Crippen LogP contribution in [0.25, 0.3) is 0 Å². The Morgan fingerprint density at radius 2 is 2.12 bits per heavy atom. The van der Waals surface area contributed by atoms with Gasteiger partial charge < -0.3 is 10.6 Å². The van der Waals surface area contributed by atoms with Crippen LogP contribution in [-0.2, 0) is 0 Å². The Labute approximate surface area is 104 Å². The van der Waals surface area contributed by atoms with Crippen molar-refractivity contribution in [2.75, 3.05) is 24.5 Å². The van der Waals surface area contributed by atoms with Crippen molar-refractivity contribution in [3.63, 3.8) is 0 Å². The molecule has 0 aromatic carbocycles. The molecule has 0 saturated carbocycles. The van der Waals surface area contributed by atoms with Crippen LogP contribution in [0, 0.1) is 12.3 Å². The Morgan fingerprint density at radius 3 is 2.65 bits per heavy atom. The molecular weight excluding hydrogens is 212 g/mol. The summed E-state index contributed by atoms with van der Waals surface area (Å²) in [5, 5.41) is 0. The van der Waals surface area contributed by atoms with E-state index < -0.39 is 0 Å². The van der Waals surface area contributed by atoms with Gasteiger partial charge in [0.25, 0.3) is 0 Å². The molecular formula is C13H24N4. The third-order valence-corrected chi connectivity index (χ3v) is 2.75. The fourth-order valence-electron chi connectivity index (χ4n) is 1.75. The average Bonchev–Trinajstić information content (AvgIpc) is 2.28. The maximum absolute atomic E-state index is 5.80. The highest BCUT2D eigenvalue weighted by Crippen LogP contribution is 2.19. The first-order chi connectivity index (χ1) is 7.98. The van der Waals surface area contributed by atoms with Gasteiger partial charge in [0.15, 0.2) is 0 Å². The smallest absolute Gasteiger partial charge is 0.132 e. The van der Waals surface area contributed by atoms with Crippen molar-refractivity contribution in [1.29, 1.82) is 0 Å². The van der Waals surface area contributed by atoms with Crippen molar-refractivity contribution in [3.05, 3.63) is 18.1 Å².